The average Bonchev–Trinajstić information content (AvgIpc) is 3.36. The van der Waals surface area contributed by atoms with Crippen LogP contribution in [0.1, 0.15) is 46.1 Å². The lowest BCUT2D eigenvalue weighted by atomic mass is 10.0. The van der Waals surface area contributed by atoms with Crippen molar-refractivity contribution in [2.75, 3.05) is 32.8 Å². The maximum Gasteiger partial charge on any atom is 0.339 e. The third kappa shape index (κ3) is 5.27. The first-order valence-corrected chi connectivity index (χ1v) is 11.7. The highest BCUT2D eigenvalue weighted by molar-refractivity contribution is 6.30. The van der Waals surface area contributed by atoms with Crippen molar-refractivity contribution in [2.24, 2.45) is 0 Å². The second kappa shape index (κ2) is 10.8. The number of hydrogen-bond acceptors (Lipinski definition) is 7. The number of aromatic nitrogens is 2. The lowest BCUT2D eigenvalue weighted by molar-refractivity contribution is 0.0694. The van der Waals surface area contributed by atoms with Gasteiger partial charge in [-0.2, -0.15) is 0 Å². The molecule has 35 heavy (non-hydrogen) atoms. The molecule has 1 aromatic heterocycles. The number of hydrogen-bond donors (Lipinski definition) is 1. The van der Waals surface area contributed by atoms with Crippen LogP contribution in [0.15, 0.2) is 42.6 Å². The summed E-state index contributed by atoms with van der Waals surface area (Å²) in [5.74, 6) is 1.09. The highest BCUT2D eigenvalue weighted by Crippen LogP contribution is 2.39. The number of carbonyl (C=O) groups is 1. The zero-order valence-corrected chi connectivity index (χ0v) is 20.7. The first-order chi connectivity index (χ1) is 16.9. The Bertz CT molecular complexity index is 1180. The minimum atomic E-state index is -1.05. The van der Waals surface area contributed by atoms with Crippen LogP contribution < -0.4 is 19.1 Å². The molecule has 1 aliphatic rings. The van der Waals surface area contributed by atoms with Crippen LogP contribution in [0.5, 0.6) is 17.2 Å². The average molecular weight is 498 g/mol. The first kappa shape index (κ1) is 24.6. The Morgan fingerprint density at radius 2 is 1.77 bits per heavy atom. The summed E-state index contributed by atoms with van der Waals surface area (Å²) in [5, 5.41) is 10.4. The molecule has 1 N–H and O–H groups in total. The van der Waals surface area contributed by atoms with E-state index in [1.165, 1.54) is 6.20 Å². The van der Waals surface area contributed by atoms with Crippen molar-refractivity contribution in [1.82, 2.24) is 9.97 Å². The van der Waals surface area contributed by atoms with Gasteiger partial charge in [0, 0.05) is 17.8 Å². The molecule has 0 unspecified atom stereocenters. The van der Waals surface area contributed by atoms with Crippen LogP contribution in [0.25, 0.3) is 0 Å². The largest absolute Gasteiger partial charge is 0.493 e. The molecule has 0 radical (unpaired) electrons. The Morgan fingerprint density at radius 1 is 1.09 bits per heavy atom. The summed E-state index contributed by atoms with van der Waals surface area (Å²) >= 11 is 6.06. The molecule has 2 heterocycles. The summed E-state index contributed by atoms with van der Waals surface area (Å²) in [6.45, 7) is 0.798. The highest BCUT2D eigenvalue weighted by atomic mass is 35.5. The summed E-state index contributed by atoms with van der Waals surface area (Å²) < 4.78 is 16.3. The minimum Gasteiger partial charge on any atom is -0.493 e. The van der Waals surface area contributed by atoms with E-state index in [2.05, 4.69) is 9.88 Å². The highest BCUT2D eigenvalue weighted by Gasteiger charge is 2.29. The molecule has 1 fully saturated rings. The quantitative estimate of drug-likeness (QED) is 0.442. The second-order valence-electron chi connectivity index (χ2n) is 8.27. The Kier molecular flexibility index (Phi) is 7.60. The molecule has 1 atom stereocenters. The summed E-state index contributed by atoms with van der Waals surface area (Å²) in [4.78, 5) is 23.2. The number of methoxy groups -OCH3 is 3. The van der Waals surface area contributed by atoms with Crippen molar-refractivity contribution < 1.29 is 24.1 Å². The van der Waals surface area contributed by atoms with E-state index in [1.807, 2.05) is 36.4 Å². The maximum atomic E-state index is 11.9. The lowest BCUT2D eigenvalue weighted by Crippen LogP contribution is -2.25. The van der Waals surface area contributed by atoms with Crippen LogP contribution in [0.3, 0.4) is 0 Å². The molecule has 0 aliphatic carbocycles. The fraction of sp³-hybridized carbons (Fsp3) is 0.346. The van der Waals surface area contributed by atoms with E-state index in [1.54, 1.807) is 21.3 Å². The summed E-state index contributed by atoms with van der Waals surface area (Å²) in [6, 6.07) is 11.6. The van der Waals surface area contributed by atoms with Gasteiger partial charge in [-0.25, -0.2) is 14.8 Å². The van der Waals surface area contributed by atoms with Crippen LogP contribution in [0.2, 0.25) is 5.02 Å². The molecule has 0 amide bonds. The summed E-state index contributed by atoms with van der Waals surface area (Å²) in [5.41, 5.74) is 2.63. The first-order valence-electron chi connectivity index (χ1n) is 11.3. The van der Waals surface area contributed by atoms with E-state index < -0.39 is 5.97 Å². The van der Waals surface area contributed by atoms with Crippen molar-refractivity contribution in [3.8, 4) is 17.2 Å². The molecule has 0 saturated carbocycles. The molecule has 2 aromatic carbocycles. The predicted molar refractivity (Wildman–Crippen MR) is 133 cm³/mol. The second-order valence-corrected chi connectivity index (χ2v) is 8.71. The minimum absolute atomic E-state index is 0.100. The molecule has 8 nitrogen and oxygen atoms in total. The number of carboxylic acids is 1. The van der Waals surface area contributed by atoms with Crippen LogP contribution in [0, 0.1) is 0 Å². The van der Waals surface area contributed by atoms with Crippen molar-refractivity contribution >= 4 is 23.5 Å². The third-order valence-corrected chi connectivity index (χ3v) is 6.48. The molecule has 4 rings (SSSR count). The number of aromatic carboxylic acids is 1. The Balaban J connectivity index is 1.62. The van der Waals surface area contributed by atoms with Gasteiger partial charge in [-0.05, 0) is 61.1 Å². The molecule has 1 saturated heterocycles. The van der Waals surface area contributed by atoms with Gasteiger partial charge >= 0.3 is 5.97 Å². The van der Waals surface area contributed by atoms with Crippen molar-refractivity contribution in [3.63, 3.8) is 0 Å². The van der Waals surface area contributed by atoms with E-state index >= 15 is 0 Å². The van der Waals surface area contributed by atoms with Crippen LogP contribution in [-0.2, 0) is 12.8 Å². The number of aryl methyl sites for hydroxylation is 2. The zero-order chi connectivity index (χ0) is 24.9. The van der Waals surface area contributed by atoms with Gasteiger partial charge in [0.2, 0.25) is 11.7 Å². The maximum absolute atomic E-state index is 11.9. The van der Waals surface area contributed by atoms with Crippen molar-refractivity contribution in [3.05, 3.63) is 70.0 Å². The normalized spacial score (nSPS) is 15.2. The number of nitrogens with zero attached hydrogens (tertiary/aromatic N) is 3. The topological polar surface area (TPSA) is 94.0 Å². The monoisotopic (exact) mass is 497 g/mol. The smallest absolute Gasteiger partial charge is 0.339 e. The molecule has 3 aromatic rings. The van der Waals surface area contributed by atoms with Gasteiger partial charge in [-0.15, -0.1) is 0 Å². The standard InChI is InChI=1S/C26H28ClN3O5/c1-33-22-13-16(14-23(34-2)24(22)35-3)6-11-20-19(25(31)32)15-28-26(29-20)30-12-4-5-21(30)17-7-9-18(27)10-8-17/h7-10,13-15,21H,4-6,11-12H2,1-3H3,(H,31,32)/t21-/m0/s1. The molecule has 0 bridgehead atoms. The van der Waals surface area contributed by atoms with E-state index in [9.17, 15) is 9.90 Å². The molecule has 0 spiro atoms. The van der Waals surface area contributed by atoms with Crippen LogP contribution in [0.4, 0.5) is 5.95 Å². The summed E-state index contributed by atoms with van der Waals surface area (Å²) in [7, 11) is 4.68. The predicted octanol–water partition coefficient (Wildman–Crippen LogP) is 4.98. The van der Waals surface area contributed by atoms with Gasteiger partial charge in [0.15, 0.2) is 11.5 Å². The van der Waals surface area contributed by atoms with Crippen molar-refractivity contribution in [2.45, 2.75) is 31.7 Å². The SMILES string of the molecule is COc1cc(CCc2nc(N3CCC[C@H]3c3ccc(Cl)cc3)ncc2C(=O)O)cc(OC)c1OC. The fourth-order valence-electron chi connectivity index (χ4n) is 4.49. The molecule has 9 heteroatoms. The van der Waals surface area contributed by atoms with Gasteiger partial charge in [0.05, 0.1) is 38.6 Å². The van der Waals surface area contributed by atoms with Crippen LogP contribution in [-0.4, -0.2) is 48.9 Å². The number of carboxylic acid groups (broad SMARTS) is 1. The molecular weight excluding hydrogens is 470 g/mol. The number of halogens is 1. The third-order valence-electron chi connectivity index (χ3n) is 6.22. The van der Waals surface area contributed by atoms with Crippen LogP contribution >= 0.6 is 11.6 Å². The number of rotatable bonds is 9. The van der Waals surface area contributed by atoms with E-state index in [4.69, 9.17) is 30.8 Å². The van der Waals surface area contributed by atoms with Gasteiger partial charge < -0.3 is 24.2 Å². The van der Waals surface area contributed by atoms with E-state index in [0.29, 0.717) is 46.8 Å². The van der Waals surface area contributed by atoms with Gasteiger partial charge in [0.1, 0.15) is 0 Å². The van der Waals surface area contributed by atoms with E-state index in [-0.39, 0.29) is 11.6 Å². The van der Waals surface area contributed by atoms with Crippen molar-refractivity contribution in [1.29, 1.82) is 0 Å². The van der Waals surface area contributed by atoms with Gasteiger partial charge in [0.25, 0.3) is 0 Å². The Morgan fingerprint density at radius 3 is 2.37 bits per heavy atom. The number of benzene rings is 2. The van der Waals surface area contributed by atoms with Gasteiger partial charge in [-0.1, -0.05) is 23.7 Å². The lowest BCUT2D eigenvalue weighted by Gasteiger charge is -2.25. The molecule has 1 aliphatic heterocycles. The molecule has 184 valence electrons. The Labute approximate surface area is 209 Å². The molecular formula is C26H28ClN3O5. The zero-order valence-electron chi connectivity index (χ0n) is 20.0. The van der Waals surface area contributed by atoms with E-state index in [0.717, 1.165) is 30.5 Å². The summed E-state index contributed by atoms with van der Waals surface area (Å²) in [6.07, 6.45) is 4.32. The number of anilines is 1. The number of ether oxygens (including phenoxy) is 3. The fourth-order valence-corrected chi connectivity index (χ4v) is 4.62. The van der Waals surface area contributed by atoms with Gasteiger partial charge in [-0.3, -0.25) is 0 Å². The Hall–Kier alpha value is -3.52.